The molecule has 0 radical (unpaired) electrons. The van der Waals surface area contributed by atoms with Gasteiger partial charge in [-0.3, -0.25) is 4.98 Å². The van der Waals surface area contributed by atoms with Crippen molar-refractivity contribution >= 4 is 11.0 Å². The number of nitrogens with zero attached hydrogens (tertiary/aromatic N) is 1. The Morgan fingerprint density at radius 2 is 2.31 bits per heavy atom. The van der Waals surface area contributed by atoms with Crippen LogP contribution in [0.2, 0.25) is 0 Å². The van der Waals surface area contributed by atoms with Crippen LogP contribution in [0.1, 0.15) is 31.9 Å². The third kappa shape index (κ3) is 1.32. The van der Waals surface area contributed by atoms with Crippen LogP contribution in [0.5, 0.6) is 0 Å². The molecule has 2 heterocycles. The van der Waals surface area contributed by atoms with Gasteiger partial charge in [0.25, 0.3) is 0 Å². The van der Waals surface area contributed by atoms with Crippen molar-refractivity contribution in [1.29, 1.82) is 0 Å². The Morgan fingerprint density at radius 3 is 3.08 bits per heavy atom. The lowest BCUT2D eigenvalue weighted by Gasteiger charge is -2.07. The first-order valence-electron chi connectivity index (χ1n) is 4.65. The van der Waals surface area contributed by atoms with Crippen LogP contribution in [0.4, 0.5) is 0 Å². The molecule has 0 spiro atoms. The monoisotopic (exact) mass is 175 g/mol. The van der Waals surface area contributed by atoms with Crippen LogP contribution in [0.15, 0.2) is 29.0 Å². The minimum atomic E-state index is 0.501. The molecule has 0 saturated carbocycles. The van der Waals surface area contributed by atoms with E-state index in [2.05, 4.69) is 18.8 Å². The molecule has 0 bridgehead atoms. The lowest BCUT2D eigenvalue weighted by Crippen LogP contribution is -1.94. The summed E-state index contributed by atoms with van der Waals surface area (Å²) in [5, 5.41) is 1.15. The zero-order valence-electron chi connectivity index (χ0n) is 7.95. The Hall–Kier alpha value is -1.31. The Balaban J connectivity index is 2.60. The van der Waals surface area contributed by atoms with Crippen LogP contribution in [0, 0.1) is 0 Å². The number of hydrogen-bond donors (Lipinski definition) is 0. The summed E-state index contributed by atoms with van der Waals surface area (Å²) in [5.41, 5.74) is 2.08. The molecule has 2 nitrogen and oxygen atoms in total. The largest absolute Gasteiger partial charge is 0.464 e. The van der Waals surface area contributed by atoms with E-state index in [-0.39, 0.29) is 0 Å². The summed E-state index contributed by atoms with van der Waals surface area (Å²) < 4.78 is 5.31. The highest BCUT2D eigenvalue weighted by atomic mass is 16.3. The molecule has 0 aromatic carbocycles. The number of fused-ring (bicyclic) bond motifs is 1. The second-order valence-corrected chi connectivity index (χ2v) is 3.34. The molecule has 2 aromatic heterocycles. The minimum Gasteiger partial charge on any atom is -0.464 e. The molecule has 1 atom stereocenters. The Bertz CT molecular complexity index is 405. The molecule has 0 N–H and O–H groups in total. The van der Waals surface area contributed by atoms with E-state index in [0.717, 1.165) is 23.1 Å². The molecule has 13 heavy (non-hydrogen) atoms. The minimum absolute atomic E-state index is 0.501. The van der Waals surface area contributed by atoms with Crippen LogP contribution in [0.25, 0.3) is 11.0 Å². The van der Waals surface area contributed by atoms with Crippen molar-refractivity contribution in [3.63, 3.8) is 0 Å². The first-order chi connectivity index (χ1) is 6.33. The highest BCUT2D eigenvalue weighted by molar-refractivity contribution is 5.79. The van der Waals surface area contributed by atoms with Gasteiger partial charge in [-0.2, -0.15) is 0 Å². The SMILES string of the molecule is CCC(C)c1nccc2occc12. The topological polar surface area (TPSA) is 26.0 Å². The van der Waals surface area contributed by atoms with Gasteiger partial charge in [-0.25, -0.2) is 0 Å². The highest BCUT2D eigenvalue weighted by Crippen LogP contribution is 2.25. The summed E-state index contributed by atoms with van der Waals surface area (Å²) in [6.45, 7) is 4.36. The molecule has 2 rings (SSSR count). The lowest BCUT2D eigenvalue weighted by molar-refractivity contribution is 0.614. The number of furan rings is 1. The van der Waals surface area contributed by atoms with Crippen molar-refractivity contribution in [2.75, 3.05) is 0 Å². The van der Waals surface area contributed by atoms with Crippen LogP contribution >= 0.6 is 0 Å². The smallest absolute Gasteiger partial charge is 0.137 e. The highest BCUT2D eigenvalue weighted by Gasteiger charge is 2.09. The van der Waals surface area contributed by atoms with Gasteiger partial charge < -0.3 is 4.42 Å². The predicted octanol–water partition coefficient (Wildman–Crippen LogP) is 3.34. The molecule has 0 amide bonds. The summed E-state index contributed by atoms with van der Waals surface area (Å²) in [6, 6.07) is 3.89. The van der Waals surface area contributed by atoms with E-state index in [4.69, 9.17) is 4.42 Å². The third-order valence-corrected chi connectivity index (χ3v) is 2.49. The zero-order valence-corrected chi connectivity index (χ0v) is 7.95. The molecular formula is C11H13NO. The number of hydrogen-bond acceptors (Lipinski definition) is 2. The summed E-state index contributed by atoms with van der Waals surface area (Å²) in [4.78, 5) is 4.39. The summed E-state index contributed by atoms with van der Waals surface area (Å²) in [5.74, 6) is 0.501. The number of pyridine rings is 1. The van der Waals surface area contributed by atoms with Gasteiger partial charge in [0.05, 0.1) is 12.0 Å². The molecule has 0 fully saturated rings. The van der Waals surface area contributed by atoms with E-state index in [0.29, 0.717) is 5.92 Å². The third-order valence-electron chi connectivity index (χ3n) is 2.49. The first kappa shape index (κ1) is 8.30. The number of rotatable bonds is 2. The van der Waals surface area contributed by atoms with E-state index in [1.165, 1.54) is 0 Å². The fourth-order valence-corrected chi connectivity index (χ4v) is 1.50. The molecule has 0 saturated heterocycles. The molecule has 2 aromatic rings. The van der Waals surface area contributed by atoms with Gasteiger partial charge >= 0.3 is 0 Å². The van der Waals surface area contributed by atoms with Gasteiger partial charge in [0.1, 0.15) is 5.58 Å². The molecule has 0 aliphatic carbocycles. The fraction of sp³-hybridized carbons (Fsp3) is 0.364. The molecule has 68 valence electrons. The summed E-state index contributed by atoms with van der Waals surface area (Å²) >= 11 is 0. The average molecular weight is 175 g/mol. The van der Waals surface area contributed by atoms with Crippen LogP contribution in [0.3, 0.4) is 0 Å². The Morgan fingerprint density at radius 1 is 1.46 bits per heavy atom. The van der Waals surface area contributed by atoms with Gasteiger partial charge in [0.15, 0.2) is 0 Å². The van der Waals surface area contributed by atoms with Crippen molar-refractivity contribution in [1.82, 2.24) is 4.98 Å². The normalized spacial score (nSPS) is 13.4. The predicted molar refractivity (Wildman–Crippen MR) is 52.7 cm³/mol. The Kier molecular flexibility index (Phi) is 2.05. The van der Waals surface area contributed by atoms with Crippen LogP contribution in [-0.2, 0) is 0 Å². The number of aromatic nitrogens is 1. The second-order valence-electron chi connectivity index (χ2n) is 3.34. The first-order valence-corrected chi connectivity index (χ1v) is 4.65. The fourth-order valence-electron chi connectivity index (χ4n) is 1.50. The van der Waals surface area contributed by atoms with Crippen molar-refractivity contribution in [3.05, 3.63) is 30.3 Å². The standard InChI is InChI=1S/C11H13NO/c1-3-8(2)11-9-5-7-13-10(9)4-6-12-11/h4-8H,3H2,1-2H3. The van der Waals surface area contributed by atoms with Gasteiger partial charge in [-0.05, 0) is 24.5 Å². The second kappa shape index (κ2) is 3.21. The van der Waals surface area contributed by atoms with Gasteiger partial charge in [0.2, 0.25) is 0 Å². The molecular weight excluding hydrogens is 162 g/mol. The van der Waals surface area contributed by atoms with Crippen molar-refractivity contribution in [3.8, 4) is 0 Å². The van der Waals surface area contributed by atoms with E-state index in [1.807, 2.05) is 18.3 Å². The summed E-state index contributed by atoms with van der Waals surface area (Å²) in [6.07, 6.45) is 4.64. The molecule has 2 heteroatoms. The average Bonchev–Trinajstić information content (AvgIpc) is 2.63. The van der Waals surface area contributed by atoms with Crippen molar-refractivity contribution < 1.29 is 4.42 Å². The van der Waals surface area contributed by atoms with E-state index in [1.54, 1.807) is 6.26 Å². The van der Waals surface area contributed by atoms with E-state index in [9.17, 15) is 0 Å². The quantitative estimate of drug-likeness (QED) is 0.699. The maximum atomic E-state index is 5.31. The molecule has 0 aliphatic rings. The summed E-state index contributed by atoms with van der Waals surface area (Å²) in [7, 11) is 0. The van der Waals surface area contributed by atoms with Crippen molar-refractivity contribution in [2.45, 2.75) is 26.2 Å². The van der Waals surface area contributed by atoms with Gasteiger partial charge in [-0.1, -0.05) is 13.8 Å². The zero-order chi connectivity index (χ0) is 9.26. The van der Waals surface area contributed by atoms with E-state index < -0.39 is 0 Å². The Labute approximate surface area is 77.6 Å². The molecule has 1 unspecified atom stereocenters. The van der Waals surface area contributed by atoms with Gasteiger partial charge in [0, 0.05) is 11.6 Å². The maximum Gasteiger partial charge on any atom is 0.137 e. The van der Waals surface area contributed by atoms with Gasteiger partial charge in [-0.15, -0.1) is 0 Å². The van der Waals surface area contributed by atoms with Crippen LogP contribution < -0.4 is 0 Å². The molecule has 0 aliphatic heterocycles. The van der Waals surface area contributed by atoms with Crippen LogP contribution in [-0.4, -0.2) is 4.98 Å². The van der Waals surface area contributed by atoms with Crippen molar-refractivity contribution in [2.24, 2.45) is 0 Å². The maximum absolute atomic E-state index is 5.31. The van der Waals surface area contributed by atoms with E-state index >= 15 is 0 Å². The lowest BCUT2D eigenvalue weighted by atomic mass is 10.0.